The fraction of sp³-hybridized carbons (Fsp3) is 0.148. The van der Waals surface area contributed by atoms with Crippen molar-refractivity contribution < 1.29 is 18.7 Å². The van der Waals surface area contributed by atoms with Crippen LogP contribution >= 0.6 is 0 Å². The number of rotatable bonds is 3. The van der Waals surface area contributed by atoms with E-state index in [2.05, 4.69) is 21.5 Å². The summed E-state index contributed by atoms with van der Waals surface area (Å²) in [5.74, 6) is 0.603. The molecule has 0 spiro atoms. The number of anilines is 1. The first-order valence-corrected chi connectivity index (χ1v) is 11.2. The van der Waals surface area contributed by atoms with Crippen LogP contribution in [-0.4, -0.2) is 27.8 Å². The highest BCUT2D eigenvalue weighted by Crippen LogP contribution is 2.50. The van der Waals surface area contributed by atoms with Crippen LogP contribution in [0.15, 0.2) is 78.6 Å². The zero-order chi connectivity index (χ0) is 24.1. The molecule has 0 saturated carbocycles. The van der Waals surface area contributed by atoms with Gasteiger partial charge in [-0.3, -0.25) is 0 Å². The Morgan fingerprint density at radius 1 is 1.06 bits per heavy atom. The van der Waals surface area contributed by atoms with Crippen LogP contribution in [0, 0.1) is 12.7 Å². The number of hydrogen-bond acceptors (Lipinski definition) is 6. The molecule has 0 saturated heterocycles. The molecule has 0 fully saturated rings. The summed E-state index contributed by atoms with van der Waals surface area (Å²) < 4.78 is 27.0. The molecular weight excluding hydrogens is 447 g/mol. The number of methoxy groups -OCH3 is 1. The van der Waals surface area contributed by atoms with Gasteiger partial charge in [0.2, 0.25) is 5.95 Å². The summed E-state index contributed by atoms with van der Waals surface area (Å²) in [6, 6.07) is 19.2. The van der Waals surface area contributed by atoms with Crippen molar-refractivity contribution in [2.45, 2.75) is 19.1 Å². The monoisotopic (exact) mass is 468 g/mol. The van der Waals surface area contributed by atoms with Crippen molar-refractivity contribution in [1.29, 1.82) is 0 Å². The van der Waals surface area contributed by atoms with Gasteiger partial charge in [-0.1, -0.05) is 35.9 Å². The molecule has 3 aromatic carbocycles. The third-order valence-corrected chi connectivity index (χ3v) is 6.39. The molecule has 2 aliphatic heterocycles. The molecule has 2 atom stereocenters. The Kier molecular flexibility index (Phi) is 4.88. The number of carbonyl (C=O) groups excluding carboxylic acids is 1. The van der Waals surface area contributed by atoms with Crippen molar-refractivity contribution in [1.82, 2.24) is 14.8 Å². The van der Waals surface area contributed by atoms with Crippen molar-refractivity contribution >= 4 is 17.6 Å². The van der Waals surface area contributed by atoms with Crippen LogP contribution in [0.5, 0.6) is 5.75 Å². The molecule has 6 rings (SSSR count). The minimum absolute atomic E-state index is 0.313. The lowest BCUT2D eigenvalue weighted by Crippen LogP contribution is -2.32. The topological polar surface area (TPSA) is 78.3 Å². The fourth-order valence-electron chi connectivity index (χ4n) is 4.74. The number of esters is 1. The number of benzene rings is 3. The van der Waals surface area contributed by atoms with E-state index in [0.717, 1.165) is 39.3 Å². The van der Waals surface area contributed by atoms with Gasteiger partial charge in [0.1, 0.15) is 30.0 Å². The fourth-order valence-corrected chi connectivity index (χ4v) is 4.74. The van der Waals surface area contributed by atoms with E-state index in [1.807, 2.05) is 31.2 Å². The van der Waals surface area contributed by atoms with Crippen molar-refractivity contribution in [2.24, 2.45) is 0 Å². The maximum absolute atomic E-state index is 13.8. The van der Waals surface area contributed by atoms with E-state index in [9.17, 15) is 9.18 Å². The minimum Gasteiger partial charge on any atom is -0.480 e. The van der Waals surface area contributed by atoms with Crippen LogP contribution in [0.25, 0.3) is 5.70 Å². The number of halogens is 1. The molecule has 7 nitrogen and oxygen atoms in total. The lowest BCUT2D eigenvalue weighted by atomic mass is 9.84. The normalized spacial score (nSPS) is 18.0. The summed E-state index contributed by atoms with van der Waals surface area (Å²) in [5.41, 5.74) is 5.96. The van der Waals surface area contributed by atoms with Crippen LogP contribution in [0.2, 0.25) is 0 Å². The number of fused-ring (bicyclic) bond motifs is 3. The van der Waals surface area contributed by atoms with Crippen molar-refractivity contribution in [3.63, 3.8) is 0 Å². The number of carbonyl (C=O) groups is 1. The molecule has 2 aliphatic rings. The van der Waals surface area contributed by atoms with Crippen molar-refractivity contribution in [3.8, 4) is 5.75 Å². The molecule has 1 N–H and O–H groups in total. The third-order valence-electron chi connectivity index (χ3n) is 6.39. The number of nitrogens with zero attached hydrogens (tertiary/aromatic N) is 3. The highest BCUT2D eigenvalue weighted by Gasteiger charge is 2.41. The Morgan fingerprint density at radius 3 is 2.54 bits per heavy atom. The van der Waals surface area contributed by atoms with Crippen LogP contribution in [0.3, 0.4) is 0 Å². The molecule has 0 aliphatic carbocycles. The molecule has 0 radical (unpaired) electrons. The Labute approximate surface area is 200 Å². The maximum Gasteiger partial charge on any atom is 0.337 e. The number of hydrogen-bond donors (Lipinski definition) is 1. The molecule has 8 heteroatoms. The summed E-state index contributed by atoms with van der Waals surface area (Å²) >= 11 is 0. The van der Waals surface area contributed by atoms with Gasteiger partial charge in [-0.05, 0) is 54.4 Å². The van der Waals surface area contributed by atoms with E-state index in [-0.39, 0.29) is 11.9 Å². The molecule has 1 aromatic heterocycles. The average molecular weight is 468 g/mol. The van der Waals surface area contributed by atoms with Crippen LogP contribution < -0.4 is 10.1 Å². The number of ether oxygens (including phenoxy) is 2. The quantitative estimate of drug-likeness (QED) is 0.423. The number of aryl methyl sites for hydroxylation is 1. The van der Waals surface area contributed by atoms with Gasteiger partial charge in [-0.15, -0.1) is 0 Å². The predicted octanol–water partition coefficient (Wildman–Crippen LogP) is 5.07. The first-order valence-electron chi connectivity index (χ1n) is 11.2. The number of nitrogens with one attached hydrogen (secondary N) is 1. The van der Waals surface area contributed by atoms with E-state index in [1.54, 1.807) is 28.9 Å². The first-order chi connectivity index (χ1) is 17.0. The van der Waals surface area contributed by atoms with Gasteiger partial charge >= 0.3 is 5.97 Å². The minimum atomic E-state index is -0.494. The maximum atomic E-state index is 13.8. The SMILES string of the molecule is COC(=O)c1ccc([C@H]2Oc3ccc(C)cc3C3=C2[C@H](c2ccc(F)cc2)n2ncnc2N3)cc1. The van der Waals surface area contributed by atoms with Gasteiger partial charge in [-0.25, -0.2) is 13.9 Å². The van der Waals surface area contributed by atoms with Gasteiger partial charge in [0.05, 0.1) is 18.4 Å². The second-order valence-corrected chi connectivity index (χ2v) is 8.55. The first kappa shape index (κ1) is 21.1. The average Bonchev–Trinajstić information content (AvgIpc) is 3.36. The lowest BCUT2D eigenvalue weighted by Gasteiger charge is -2.39. The molecule has 174 valence electrons. The Hall–Kier alpha value is -4.46. The standard InChI is InChI=1S/C27H21FN4O3/c1-15-3-12-21-20(13-15)23-22(25(35-21)17-4-6-18(7-5-17)26(33)34-2)24(16-8-10-19(28)11-9-16)32-27(31-23)29-14-30-32/h3-14,24-25H,1-2H3,(H,29,30,31)/t24-,25+/m0/s1. The van der Waals surface area contributed by atoms with Crippen LogP contribution in [0.1, 0.15) is 44.8 Å². The predicted molar refractivity (Wildman–Crippen MR) is 127 cm³/mol. The molecule has 0 unspecified atom stereocenters. The Balaban J connectivity index is 1.57. The zero-order valence-corrected chi connectivity index (χ0v) is 19.0. The van der Waals surface area contributed by atoms with Crippen LogP contribution in [-0.2, 0) is 4.74 Å². The van der Waals surface area contributed by atoms with E-state index in [1.165, 1.54) is 25.6 Å². The van der Waals surface area contributed by atoms with Crippen LogP contribution in [0.4, 0.5) is 10.3 Å². The lowest BCUT2D eigenvalue weighted by molar-refractivity contribution is 0.0600. The summed E-state index contributed by atoms with van der Waals surface area (Å²) in [4.78, 5) is 16.4. The van der Waals surface area contributed by atoms with E-state index < -0.39 is 12.1 Å². The Bertz CT molecular complexity index is 1480. The highest BCUT2D eigenvalue weighted by atomic mass is 19.1. The zero-order valence-electron chi connectivity index (χ0n) is 19.0. The van der Waals surface area contributed by atoms with Gasteiger partial charge in [0.25, 0.3) is 0 Å². The summed E-state index contributed by atoms with van der Waals surface area (Å²) in [7, 11) is 1.35. The molecular formula is C27H21FN4O3. The smallest absolute Gasteiger partial charge is 0.337 e. The summed E-state index contributed by atoms with van der Waals surface area (Å²) in [6.45, 7) is 2.03. The third kappa shape index (κ3) is 3.45. The largest absolute Gasteiger partial charge is 0.480 e. The molecule has 0 amide bonds. The molecule has 4 aromatic rings. The van der Waals surface area contributed by atoms with E-state index in [4.69, 9.17) is 9.47 Å². The summed E-state index contributed by atoms with van der Waals surface area (Å²) in [5, 5.41) is 7.93. The number of aromatic nitrogens is 3. The Morgan fingerprint density at radius 2 is 1.80 bits per heavy atom. The molecule has 3 heterocycles. The van der Waals surface area contributed by atoms with Crippen molar-refractivity contribution in [2.75, 3.05) is 12.4 Å². The highest BCUT2D eigenvalue weighted by molar-refractivity contribution is 5.89. The molecule has 0 bridgehead atoms. The summed E-state index contributed by atoms with van der Waals surface area (Å²) in [6.07, 6.45) is 1.00. The second kappa shape index (κ2) is 8.09. The second-order valence-electron chi connectivity index (χ2n) is 8.55. The van der Waals surface area contributed by atoms with Crippen molar-refractivity contribution in [3.05, 3.63) is 112 Å². The molecule has 35 heavy (non-hydrogen) atoms. The van der Waals surface area contributed by atoms with Gasteiger partial charge in [-0.2, -0.15) is 10.1 Å². The van der Waals surface area contributed by atoms with E-state index in [0.29, 0.717) is 11.5 Å². The van der Waals surface area contributed by atoms with Gasteiger partial charge < -0.3 is 14.8 Å². The van der Waals surface area contributed by atoms with E-state index >= 15 is 0 Å². The van der Waals surface area contributed by atoms with Gasteiger partial charge in [0, 0.05) is 11.1 Å². The van der Waals surface area contributed by atoms with Gasteiger partial charge in [0.15, 0.2) is 0 Å².